The molecule has 1 heterocycles. The monoisotopic (exact) mass is 309 g/mol. The standard InChI is InChI=1S/C14H19N3O3S/c1-4-13-15-9-14(16-13)21(18,19)17-10(2)11-6-5-7-12(8-11)20-3/h5-10,17H,4H2,1-3H3,(H,15,16). The smallest absolute Gasteiger partial charge is 0.258 e. The number of ether oxygens (including phenoxy) is 1. The zero-order valence-corrected chi connectivity index (χ0v) is 13.1. The molecule has 2 N–H and O–H groups in total. The van der Waals surface area contributed by atoms with Crippen molar-refractivity contribution >= 4 is 10.0 Å². The van der Waals surface area contributed by atoms with Gasteiger partial charge in [0, 0.05) is 12.5 Å². The molecule has 21 heavy (non-hydrogen) atoms. The van der Waals surface area contributed by atoms with Crippen LogP contribution in [0.5, 0.6) is 5.75 Å². The van der Waals surface area contributed by atoms with Gasteiger partial charge in [0.2, 0.25) is 0 Å². The van der Waals surface area contributed by atoms with E-state index in [0.29, 0.717) is 18.0 Å². The summed E-state index contributed by atoms with van der Waals surface area (Å²) in [5, 5.41) is 0.0779. The Bertz CT molecular complexity index is 710. The van der Waals surface area contributed by atoms with Crippen molar-refractivity contribution in [2.24, 2.45) is 0 Å². The second-order valence-electron chi connectivity index (χ2n) is 4.67. The number of benzene rings is 1. The Balaban J connectivity index is 2.19. The maximum absolute atomic E-state index is 12.3. The predicted octanol–water partition coefficient (Wildman–Crippen LogP) is 2.02. The molecule has 114 valence electrons. The van der Waals surface area contributed by atoms with Gasteiger partial charge in [0.15, 0.2) is 5.03 Å². The maximum atomic E-state index is 12.3. The molecule has 0 radical (unpaired) electrons. The highest BCUT2D eigenvalue weighted by Crippen LogP contribution is 2.20. The van der Waals surface area contributed by atoms with E-state index in [1.807, 2.05) is 25.1 Å². The number of aryl methyl sites for hydroxylation is 1. The van der Waals surface area contributed by atoms with E-state index in [1.165, 1.54) is 6.20 Å². The molecule has 2 aromatic rings. The van der Waals surface area contributed by atoms with Crippen LogP contribution in [0, 0.1) is 0 Å². The summed E-state index contributed by atoms with van der Waals surface area (Å²) in [5.74, 6) is 1.33. The van der Waals surface area contributed by atoms with Gasteiger partial charge in [-0.25, -0.2) is 18.1 Å². The van der Waals surface area contributed by atoms with Gasteiger partial charge in [0.1, 0.15) is 11.6 Å². The van der Waals surface area contributed by atoms with Crippen LogP contribution in [0.25, 0.3) is 0 Å². The van der Waals surface area contributed by atoms with Gasteiger partial charge in [-0.3, -0.25) is 0 Å². The molecule has 0 aliphatic rings. The number of hydrogen-bond acceptors (Lipinski definition) is 4. The van der Waals surface area contributed by atoms with E-state index in [4.69, 9.17) is 4.74 Å². The minimum Gasteiger partial charge on any atom is -0.497 e. The zero-order valence-electron chi connectivity index (χ0n) is 12.3. The number of aromatic nitrogens is 2. The minimum absolute atomic E-state index is 0.0779. The normalized spacial score (nSPS) is 13.1. The second-order valence-corrected chi connectivity index (χ2v) is 6.35. The van der Waals surface area contributed by atoms with Crippen LogP contribution in [0.1, 0.15) is 31.3 Å². The lowest BCUT2D eigenvalue weighted by Crippen LogP contribution is -2.27. The van der Waals surface area contributed by atoms with E-state index in [9.17, 15) is 8.42 Å². The lowest BCUT2D eigenvalue weighted by atomic mass is 10.1. The van der Waals surface area contributed by atoms with Crippen molar-refractivity contribution in [2.75, 3.05) is 7.11 Å². The number of hydrogen-bond donors (Lipinski definition) is 2. The maximum Gasteiger partial charge on any atom is 0.258 e. The van der Waals surface area contributed by atoms with Gasteiger partial charge in [0.25, 0.3) is 10.0 Å². The number of rotatable bonds is 6. The van der Waals surface area contributed by atoms with Crippen LogP contribution in [0.4, 0.5) is 0 Å². The Hall–Kier alpha value is -1.86. The minimum atomic E-state index is -3.63. The third kappa shape index (κ3) is 3.62. The molecule has 2 rings (SSSR count). The fraction of sp³-hybridized carbons (Fsp3) is 0.357. The van der Waals surface area contributed by atoms with Crippen LogP contribution in [0.15, 0.2) is 35.5 Å². The highest BCUT2D eigenvalue weighted by Gasteiger charge is 2.20. The number of aromatic amines is 1. The summed E-state index contributed by atoms with van der Waals surface area (Å²) in [6.45, 7) is 3.69. The summed E-state index contributed by atoms with van der Waals surface area (Å²) >= 11 is 0. The molecule has 0 fully saturated rings. The van der Waals surface area contributed by atoms with Crippen molar-refractivity contribution in [3.8, 4) is 5.75 Å². The van der Waals surface area contributed by atoms with Crippen LogP contribution >= 0.6 is 0 Å². The first-order valence-electron chi connectivity index (χ1n) is 6.66. The molecule has 0 bridgehead atoms. The van der Waals surface area contributed by atoms with Crippen molar-refractivity contribution < 1.29 is 13.2 Å². The third-order valence-electron chi connectivity index (χ3n) is 3.16. The van der Waals surface area contributed by atoms with Crippen LogP contribution in [0.2, 0.25) is 0 Å². The first kappa shape index (κ1) is 15.5. The van der Waals surface area contributed by atoms with E-state index >= 15 is 0 Å². The lowest BCUT2D eigenvalue weighted by Gasteiger charge is -2.14. The van der Waals surface area contributed by atoms with E-state index in [2.05, 4.69) is 14.7 Å². The van der Waals surface area contributed by atoms with Crippen LogP contribution < -0.4 is 9.46 Å². The number of sulfonamides is 1. The van der Waals surface area contributed by atoms with Gasteiger partial charge in [-0.1, -0.05) is 19.1 Å². The predicted molar refractivity (Wildman–Crippen MR) is 79.7 cm³/mol. The highest BCUT2D eigenvalue weighted by molar-refractivity contribution is 7.89. The Morgan fingerprint density at radius 2 is 2.19 bits per heavy atom. The molecule has 7 heteroatoms. The van der Waals surface area contributed by atoms with Crippen LogP contribution in [-0.4, -0.2) is 25.5 Å². The molecule has 0 aliphatic heterocycles. The van der Waals surface area contributed by atoms with Crippen molar-refractivity contribution in [3.05, 3.63) is 41.9 Å². The SMILES string of the molecule is CCc1ncc(S(=O)(=O)NC(C)c2cccc(OC)c2)[nH]1. The summed E-state index contributed by atoms with van der Waals surface area (Å²) in [7, 11) is -2.05. The molecular formula is C14H19N3O3S. The van der Waals surface area contributed by atoms with Crippen molar-refractivity contribution in [2.45, 2.75) is 31.3 Å². The van der Waals surface area contributed by atoms with E-state index in [1.54, 1.807) is 20.1 Å². The number of methoxy groups -OCH3 is 1. The zero-order chi connectivity index (χ0) is 15.5. The van der Waals surface area contributed by atoms with E-state index in [0.717, 1.165) is 5.56 Å². The molecule has 6 nitrogen and oxygen atoms in total. The largest absolute Gasteiger partial charge is 0.497 e. The summed E-state index contributed by atoms with van der Waals surface area (Å²) in [6, 6.07) is 6.91. The average molecular weight is 309 g/mol. The molecule has 0 amide bonds. The molecular weight excluding hydrogens is 290 g/mol. The molecule has 1 aromatic heterocycles. The van der Waals surface area contributed by atoms with Gasteiger partial charge < -0.3 is 9.72 Å². The summed E-state index contributed by atoms with van der Waals surface area (Å²) in [4.78, 5) is 6.81. The average Bonchev–Trinajstić information content (AvgIpc) is 2.96. The molecule has 0 aliphatic carbocycles. The second kappa shape index (κ2) is 6.28. The number of H-pyrrole nitrogens is 1. The summed E-state index contributed by atoms with van der Waals surface area (Å²) in [6.07, 6.45) is 1.99. The summed E-state index contributed by atoms with van der Waals surface area (Å²) < 4.78 is 32.3. The van der Waals surface area contributed by atoms with Crippen molar-refractivity contribution in [1.29, 1.82) is 0 Å². The number of nitrogens with one attached hydrogen (secondary N) is 2. The Kier molecular flexibility index (Phi) is 4.64. The van der Waals surface area contributed by atoms with Gasteiger partial charge in [0.05, 0.1) is 13.3 Å². The number of imidazole rings is 1. The molecule has 0 saturated heterocycles. The molecule has 1 aromatic carbocycles. The topological polar surface area (TPSA) is 84.1 Å². The highest BCUT2D eigenvalue weighted by atomic mass is 32.2. The fourth-order valence-electron chi connectivity index (χ4n) is 1.93. The first-order valence-corrected chi connectivity index (χ1v) is 8.14. The third-order valence-corrected chi connectivity index (χ3v) is 4.61. The summed E-state index contributed by atoms with van der Waals surface area (Å²) in [5.41, 5.74) is 0.827. The Labute approximate surface area is 124 Å². The number of nitrogens with zero attached hydrogens (tertiary/aromatic N) is 1. The molecule has 1 atom stereocenters. The van der Waals surface area contributed by atoms with Crippen molar-refractivity contribution in [3.63, 3.8) is 0 Å². The van der Waals surface area contributed by atoms with Gasteiger partial charge in [-0.05, 0) is 24.6 Å². The Morgan fingerprint density at radius 3 is 2.81 bits per heavy atom. The molecule has 1 unspecified atom stereocenters. The van der Waals surface area contributed by atoms with Crippen LogP contribution in [0.3, 0.4) is 0 Å². The Morgan fingerprint density at radius 1 is 1.43 bits per heavy atom. The van der Waals surface area contributed by atoms with Gasteiger partial charge in [-0.2, -0.15) is 0 Å². The fourth-order valence-corrected chi connectivity index (χ4v) is 3.11. The van der Waals surface area contributed by atoms with Crippen LogP contribution in [-0.2, 0) is 16.4 Å². The quantitative estimate of drug-likeness (QED) is 0.855. The van der Waals surface area contributed by atoms with Crippen molar-refractivity contribution in [1.82, 2.24) is 14.7 Å². The van der Waals surface area contributed by atoms with E-state index in [-0.39, 0.29) is 11.1 Å². The lowest BCUT2D eigenvalue weighted by molar-refractivity contribution is 0.413. The van der Waals surface area contributed by atoms with E-state index < -0.39 is 10.0 Å². The molecule has 0 spiro atoms. The molecule has 0 saturated carbocycles. The first-order chi connectivity index (χ1) is 9.96. The van der Waals surface area contributed by atoms with Gasteiger partial charge >= 0.3 is 0 Å². The van der Waals surface area contributed by atoms with Gasteiger partial charge in [-0.15, -0.1) is 0 Å².